The van der Waals surface area contributed by atoms with Crippen molar-refractivity contribution in [3.05, 3.63) is 82.5 Å². The summed E-state index contributed by atoms with van der Waals surface area (Å²) in [5.41, 5.74) is -1.74. The lowest BCUT2D eigenvalue weighted by Crippen LogP contribution is -2.46. The van der Waals surface area contributed by atoms with Crippen LogP contribution in [0, 0.1) is 11.6 Å². The Hall–Kier alpha value is -3.57. The number of carbonyl (C=O) groups is 2. The number of amides is 2. The van der Waals surface area contributed by atoms with Crippen molar-refractivity contribution in [2.75, 3.05) is 13.7 Å². The fourth-order valence-corrected chi connectivity index (χ4v) is 4.23. The van der Waals surface area contributed by atoms with Gasteiger partial charge in [-0.2, -0.15) is 15.0 Å². The number of β-amino-alcohol motifs (C(OH)–C–C–N with tert-alkyl or cyclic N) is 1. The van der Waals surface area contributed by atoms with E-state index in [2.05, 4.69) is 10.2 Å². The fourth-order valence-electron chi connectivity index (χ4n) is 3.40. The molecule has 1 N–H and O–H groups in total. The molecule has 1 saturated heterocycles. The molecule has 1 aliphatic heterocycles. The molecule has 170 valence electrons. The molecule has 2 amide bonds. The second kappa shape index (κ2) is 9.12. The molecule has 0 aliphatic carbocycles. The summed E-state index contributed by atoms with van der Waals surface area (Å²) >= 11 is 0.701. The van der Waals surface area contributed by atoms with Crippen LogP contribution in [-0.4, -0.2) is 49.8 Å². The topological polar surface area (TPSA) is 97.6 Å². The third kappa shape index (κ3) is 4.78. The van der Waals surface area contributed by atoms with Crippen molar-refractivity contribution >= 4 is 29.0 Å². The number of carbonyl (C=O) groups excluding carboxylic acids is 2. The van der Waals surface area contributed by atoms with Crippen molar-refractivity contribution in [1.82, 2.24) is 19.9 Å². The van der Waals surface area contributed by atoms with E-state index >= 15 is 0 Å². The maximum absolute atomic E-state index is 14.6. The Labute approximate surface area is 191 Å². The first-order valence-electron chi connectivity index (χ1n) is 9.70. The molecule has 33 heavy (non-hydrogen) atoms. The average Bonchev–Trinajstić information content (AvgIpc) is 3.37. The van der Waals surface area contributed by atoms with Crippen molar-refractivity contribution in [3.8, 4) is 5.75 Å². The predicted molar refractivity (Wildman–Crippen MR) is 116 cm³/mol. The van der Waals surface area contributed by atoms with Gasteiger partial charge >= 0.3 is 0 Å². The summed E-state index contributed by atoms with van der Waals surface area (Å²) in [4.78, 5) is 27.7. The van der Waals surface area contributed by atoms with Gasteiger partial charge in [0.15, 0.2) is 0 Å². The number of hydrogen-bond acceptors (Lipinski definition) is 7. The van der Waals surface area contributed by atoms with Crippen LogP contribution in [0.1, 0.15) is 11.1 Å². The summed E-state index contributed by atoms with van der Waals surface area (Å²) in [5, 5.41) is 18.6. The van der Waals surface area contributed by atoms with Gasteiger partial charge in [-0.1, -0.05) is 18.2 Å². The molecular weight excluding hydrogens is 454 g/mol. The Morgan fingerprint density at radius 1 is 1.09 bits per heavy atom. The molecule has 0 radical (unpaired) electrons. The number of rotatable bonds is 7. The Morgan fingerprint density at radius 3 is 2.42 bits per heavy atom. The molecule has 1 unspecified atom stereocenters. The van der Waals surface area contributed by atoms with Gasteiger partial charge in [0.1, 0.15) is 23.0 Å². The maximum atomic E-state index is 14.6. The van der Waals surface area contributed by atoms with Gasteiger partial charge in [0.2, 0.25) is 0 Å². The van der Waals surface area contributed by atoms with Crippen molar-refractivity contribution in [3.63, 3.8) is 0 Å². The zero-order chi connectivity index (χ0) is 23.6. The number of methoxy groups -OCH3 is 1. The molecule has 8 nitrogen and oxygen atoms in total. The van der Waals surface area contributed by atoms with Gasteiger partial charge < -0.3 is 9.84 Å². The van der Waals surface area contributed by atoms with Gasteiger partial charge in [0.05, 0.1) is 37.5 Å². The van der Waals surface area contributed by atoms with Crippen LogP contribution < -0.4 is 4.74 Å². The minimum atomic E-state index is -2.11. The molecule has 0 spiro atoms. The van der Waals surface area contributed by atoms with Gasteiger partial charge in [-0.3, -0.25) is 14.5 Å². The number of ether oxygens (including phenoxy) is 1. The van der Waals surface area contributed by atoms with E-state index in [0.29, 0.717) is 29.1 Å². The van der Waals surface area contributed by atoms with Crippen LogP contribution in [0.15, 0.2) is 59.8 Å². The number of benzene rings is 2. The molecule has 3 aromatic rings. The van der Waals surface area contributed by atoms with Crippen molar-refractivity contribution < 1.29 is 28.2 Å². The van der Waals surface area contributed by atoms with E-state index in [0.717, 1.165) is 21.8 Å². The third-order valence-corrected chi connectivity index (χ3v) is 5.92. The second-order valence-corrected chi connectivity index (χ2v) is 8.25. The fraction of sp³-hybridized carbons (Fsp3) is 0.182. The lowest BCUT2D eigenvalue weighted by atomic mass is 9.92. The van der Waals surface area contributed by atoms with Gasteiger partial charge in [-0.15, -0.1) is 0 Å². The normalized spacial score (nSPS) is 17.0. The molecule has 0 bridgehead atoms. The lowest BCUT2D eigenvalue weighted by Gasteiger charge is -2.31. The van der Waals surface area contributed by atoms with Gasteiger partial charge in [0.25, 0.3) is 11.1 Å². The minimum absolute atomic E-state index is 0.143. The summed E-state index contributed by atoms with van der Waals surface area (Å²) in [6, 6.07) is 9.54. The zero-order valence-corrected chi connectivity index (χ0v) is 18.1. The predicted octanol–water partition coefficient (Wildman–Crippen LogP) is 3.19. The van der Waals surface area contributed by atoms with Gasteiger partial charge in [0, 0.05) is 11.6 Å². The number of aliphatic hydroxyl groups is 1. The highest BCUT2D eigenvalue weighted by Crippen LogP contribution is 2.36. The summed E-state index contributed by atoms with van der Waals surface area (Å²) in [5.74, 6) is -1.86. The summed E-state index contributed by atoms with van der Waals surface area (Å²) in [6.07, 6.45) is 4.26. The molecule has 0 saturated carbocycles. The average molecular weight is 472 g/mol. The van der Waals surface area contributed by atoms with E-state index in [1.54, 1.807) is 24.3 Å². The summed E-state index contributed by atoms with van der Waals surface area (Å²) < 4.78 is 33.2. The van der Waals surface area contributed by atoms with Gasteiger partial charge in [-0.05, 0) is 41.6 Å². The quantitative estimate of drug-likeness (QED) is 0.528. The molecule has 1 aromatic heterocycles. The van der Waals surface area contributed by atoms with Crippen LogP contribution in [0.2, 0.25) is 0 Å². The molecule has 1 aliphatic rings. The molecule has 2 aromatic carbocycles. The number of nitrogens with zero attached hydrogens (tertiary/aromatic N) is 4. The van der Waals surface area contributed by atoms with E-state index in [9.17, 15) is 23.5 Å². The first kappa shape index (κ1) is 22.6. The highest BCUT2D eigenvalue weighted by molar-refractivity contribution is 8.18. The Balaban J connectivity index is 1.64. The van der Waals surface area contributed by atoms with Gasteiger partial charge in [-0.25, -0.2) is 8.78 Å². The Morgan fingerprint density at radius 2 is 1.79 bits per heavy atom. The van der Waals surface area contributed by atoms with Crippen LogP contribution in [0.4, 0.5) is 13.6 Å². The standard InChI is InChI=1S/C22H18F2N4O4S/c1-32-16-5-2-14(3-6-16)10-19-20(29)27(21(30)33-19)12-22(31,13-28-25-8-9-26-28)17-7-4-15(23)11-18(17)24/h2-11,31H,12-13H2,1H3/b19-10-. The highest BCUT2D eigenvalue weighted by Gasteiger charge is 2.43. The molecule has 1 fully saturated rings. The first-order chi connectivity index (χ1) is 15.8. The van der Waals surface area contributed by atoms with Crippen LogP contribution in [0.25, 0.3) is 6.08 Å². The Kier molecular flexibility index (Phi) is 6.25. The van der Waals surface area contributed by atoms with Crippen molar-refractivity contribution in [2.45, 2.75) is 12.1 Å². The number of halogens is 2. The van der Waals surface area contributed by atoms with E-state index < -0.39 is 34.9 Å². The van der Waals surface area contributed by atoms with E-state index in [1.807, 2.05) is 0 Å². The molecular formula is C22H18F2N4O4S. The molecule has 2 heterocycles. The van der Waals surface area contributed by atoms with Crippen molar-refractivity contribution in [1.29, 1.82) is 0 Å². The number of aromatic nitrogens is 3. The smallest absolute Gasteiger partial charge is 0.293 e. The Bertz CT molecular complexity index is 1220. The third-order valence-electron chi connectivity index (χ3n) is 5.01. The SMILES string of the molecule is COc1ccc(/C=C2\SC(=O)N(CC(O)(Cn3nccn3)c3ccc(F)cc3F)C2=O)cc1. The first-order valence-corrected chi connectivity index (χ1v) is 10.5. The van der Waals surface area contributed by atoms with Crippen LogP contribution in [0.5, 0.6) is 5.75 Å². The van der Waals surface area contributed by atoms with E-state index in [1.165, 1.54) is 25.6 Å². The maximum Gasteiger partial charge on any atom is 0.293 e. The lowest BCUT2D eigenvalue weighted by molar-refractivity contribution is -0.126. The van der Waals surface area contributed by atoms with Crippen LogP contribution >= 0.6 is 11.8 Å². The van der Waals surface area contributed by atoms with E-state index in [-0.39, 0.29) is 17.0 Å². The molecule has 11 heteroatoms. The molecule has 1 atom stereocenters. The van der Waals surface area contributed by atoms with E-state index in [4.69, 9.17) is 4.74 Å². The minimum Gasteiger partial charge on any atom is -0.497 e. The summed E-state index contributed by atoms with van der Waals surface area (Å²) in [6.45, 7) is -0.955. The second-order valence-electron chi connectivity index (χ2n) is 7.26. The number of imide groups is 1. The highest BCUT2D eigenvalue weighted by atomic mass is 32.2. The number of hydrogen-bond donors (Lipinski definition) is 1. The number of thioether (sulfide) groups is 1. The molecule has 4 rings (SSSR count). The van der Waals surface area contributed by atoms with Crippen LogP contribution in [0.3, 0.4) is 0 Å². The largest absolute Gasteiger partial charge is 0.497 e. The zero-order valence-electron chi connectivity index (χ0n) is 17.3. The van der Waals surface area contributed by atoms with Crippen molar-refractivity contribution in [2.24, 2.45) is 0 Å². The summed E-state index contributed by atoms with van der Waals surface area (Å²) in [7, 11) is 1.53. The van der Waals surface area contributed by atoms with Crippen LogP contribution in [-0.2, 0) is 16.9 Å². The monoisotopic (exact) mass is 472 g/mol.